The van der Waals surface area contributed by atoms with Gasteiger partial charge in [0.25, 0.3) is 11.8 Å². The molecule has 0 fully saturated rings. The van der Waals surface area contributed by atoms with Gasteiger partial charge in [0.15, 0.2) is 22.4 Å². The summed E-state index contributed by atoms with van der Waals surface area (Å²) in [5.41, 5.74) is -3.22. The van der Waals surface area contributed by atoms with E-state index in [2.05, 4.69) is 4.74 Å². The van der Waals surface area contributed by atoms with Crippen molar-refractivity contribution in [1.29, 1.82) is 0 Å². The highest BCUT2D eigenvalue weighted by Crippen LogP contribution is 2.43. The van der Waals surface area contributed by atoms with Gasteiger partial charge in [0.2, 0.25) is 0 Å². The minimum atomic E-state index is -4.88. The topological polar surface area (TPSA) is 127 Å². The highest BCUT2D eigenvalue weighted by Gasteiger charge is 2.40. The third kappa shape index (κ3) is 7.20. The van der Waals surface area contributed by atoms with Crippen molar-refractivity contribution in [3.05, 3.63) is 106 Å². The molecule has 2 amide bonds. The predicted molar refractivity (Wildman–Crippen MR) is 176 cm³/mol. The summed E-state index contributed by atoms with van der Waals surface area (Å²) in [6, 6.07) is 16.1. The first-order valence-electron chi connectivity index (χ1n) is 14.6. The molecule has 0 radical (unpaired) electrons. The van der Waals surface area contributed by atoms with Crippen LogP contribution in [-0.4, -0.2) is 58.8 Å². The number of carbonyl (C=O) groups is 4. The van der Waals surface area contributed by atoms with E-state index in [1.54, 1.807) is 12.1 Å². The molecule has 4 aromatic rings. The molecule has 2 aliphatic heterocycles. The van der Waals surface area contributed by atoms with Crippen LogP contribution in [0.15, 0.2) is 82.6 Å². The molecular formula is C34H24F6N2O8S2. The van der Waals surface area contributed by atoms with Gasteiger partial charge in [-0.15, -0.1) is 11.8 Å². The lowest BCUT2D eigenvalue weighted by Gasteiger charge is -2.19. The molecule has 0 unspecified atom stereocenters. The van der Waals surface area contributed by atoms with E-state index in [0.29, 0.717) is 17.6 Å². The van der Waals surface area contributed by atoms with Gasteiger partial charge < -0.3 is 9.47 Å². The maximum absolute atomic E-state index is 13.3. The van der Waals surface area contributed by atoms with Gasteiger partial charge in [-0.1, -0.05) is 24.3 Å². The standard InChI is InChI=1S/C17H12F3NO5S.C17H12F3NO3S/c1-26-15-11(8-22)6-10(7-12(15)17(18,19)20)16(23)21-9-27(24,25)14-5-3-2-4-13(14)21;1-24-15-11(8-22)6-10(7-12(15)17(18,19)20)16(23)21-9-25-14-5-3-2-4-13(14)21/h2-8H,9H2,1H3;2-8H,9H2,1H3. The zero-order valence-electron chi connectivity index (χ0n) is 26.7. The summed E-state index contributed by atoms with van der Waals surface area (Å²) >= 11 is 1.41. The van der Waals surface area contributed by atoms with Crippen molar-refractivity contribution < 1.29 is 63.4 Å². The minimum absolute atomic E-state index is 0.0690. The van der Waals surface area contributed by atoms with Crippen LogP contribution in [0.1, 0.15) is 52.6 Å². The largest absolute Gasteiger partial charge is 0.495 e. The first kappa shape index (κ1) is 37.9. The molecule has 18 heteroatoms. The van der Waals surface area contributed by atoms with Crippen LogP contribution < -0.4 is 19.3 Å². The van der Waals surface area contributed by atoms with Crippen LogP contribution in [0.3, 0.4) is 0 Å². The van der Waals surface area contributed by atoms with Gasteiger partial charge >= 0.3 is 12.4 Å². The summed E-state index contributed by atoms with van der Waals surface area (Å²) in [4.78, 5) is 50.9. The summed E-state index contributed by atoms with van der Waals surface area (Å²) in [6.07, 6.45) is -9.25. The number of sulfone groups is 1. The van der Waals surface area contributed by atoms with Gasteiger partial charge in [0.1, 0.15) is 17.4 Å². The number of ether oxygens (including phenoxy) is 2. The number of amides is 2. The van der Waals surface area contributed by atoms with E-state index in [-0.39, 0.29) is 34.3 Å². The number of fused-ring (bicyclic) bond motifs is 2. The smallest absolute Gasteiger partial charge is 0.420 e. The van der Waals surface area contributed by atoms with E-state index >= 15 is 0 Å². The Bertz CT molecular complexity index is 2210. The third-order valence-corrected chi connectivity index (χ3v) is 10.4. The van der Waals surface area contributed by atoms with E-state index in [1.807, 2.05) is 12.1 Å². The second-order valence-electron chi connectivity index (χ2n) is 10.9. The van der Waals surface area contributed by atoms with Crippen LogP contribution in [-0.2, 0) is 22.2 Å². The van der Waals surface area contributed by atoms with Gasteiger partial charge in [-0.2, -0.15) is 26.3 Å². The maximum atomic E-state index is 13.3. The molecule has 0 atom stereocenters. The molecule has 0 aliphatic carbocycles. The molecule has 0 saturated heterocycles. The number of methoxy groups -OCH3 is 2. The number of hydrogen-bond acceptors (Lipinski definition) is 9. The predicted octanol–water partition coefficient (Wildman–Crippen LogP) is 7.15. The van der Waals surface area contributed by atoms with Gasteiger partial charge in [0, 0.05) is 16.0 Å². The summed E-state index contributed by atoms with van der Waals surface area (Å²) in [7, 11) is -1.76. The van der Waals surface area contributed by atoms with Crippen LogP contribution in [0.5, 0.6) is 11.5 Å². The molecule has 4 aromatic carbocycles. The van der Waals surface area contributed by atoms with Gasteiger partial charge in [-0.25, -0.2) is 8.42 Å². The lowest BCUT2D eigenvalue weighted by Crippen LogP contribution is -2.31. The average molecular weight is 767 g/mol. The molecule has 10 nitrogen and oxygen atoms in total. The lowest BCUT2D eigenvalue weighted by atomic mass is 10.0. The van der Waals surface area contributed by atoms with Crippen LogP contribution in [0.2, 0.25) is 0 Å². The van der Waals surface area contributed by atoms with Crippen molar-refractivity contribution in [2.24, 2.45) is 0 Å². The lowest BCUT2D eigenvalue weighted by molar-refractivity contribution is -0.139. The fourth-order valence-electron chi connectivity index (χ4n) is 5.51. The Morgan fingerprint density at radius 1 is 0.712 bits per heavy atom. The third-order valence-electron chi connectivity index (χ3n) is 7.79. The number of rotatable bonds is 6. The van der Waals surface area contributed by atoms with Crippen molar-refractivity contribution >= 4 is 57.4 Å². The quantitative estimate of drug-likeness (QED) is 0.149. The molecule has 2 heterocycles. The van der Waals surface area contributed by atoms with Crippen molar-refractivity contribution in [2.75, 3.05) is 35.8 Å². The number of alkyl halides is 6. The number of anilines is 2. The van der Waals surface area contributed by atoms with Crippen LogP contribution in [0.25, 0.3) is 0 Å². The second kappa shape index (κ2) is 14.3. The summed E-state index contributed by atoms with van der Waals surface area (Å²) in [5, 5.41) is 0. The number of benzene rings is 4. The molecule has 272 valence electrons. The molecule has 0 bridgehead atoms. The van der Waals surface area contributed by atoms with E-state index in [1.165, 1.54) is 40.9 Å². The fraction of sp³-hybridized carbons (Fsp3) is 0.176. The zero-order valence-corrected chi connectivity index (χ0v) is 28.4. The Hall–Kier alpha value is -5.36. The van der Waals surface area contributed by atoms with Crippen LogP contribution in [0, 0.1) is 0 Å². The Morgan fingerprint density at radius 2 is 1.17 bits per heavy atom. The highest BCUT2D eigenvalue weighted by molar-refractivity contribution is 8.00. The first-order valence-corrected chi connectivity index (χ1v) is 17.3. The number of para-hydroxylation sites is 2. The number of thioether (sulfide) groups is 1. The van der Waals surface area contributed by atoms with E-state index < -0.39 is 73.6 Å². The number of nitrogens with zero attached hydrogens (tertiary/aromatic N) is 2. The van der Waals surface area contributed by atoms with E-state index in [4.69, 9.17) is 4.74 Å². The Balaban J connectivity index is 0.000000202. The normalized spacial score (nSPS) is 14.5. The molecule has 6 rings (SSSR count). The maximum Gasteiger partial charge on any atom is 0.420 e. The summed E-state index contributed by atoms with van der Waals surface area (Å²) < 4.78 is 114. The summed E-state index contributed by atoms with van der Waals surface area (Å²) in [6.45, 7) is 0. The van der Waals surface area contributed by atoms with E-state index in [9.17, 15) is 53.9 Å². The number of hydrogen-bond donors (Lipinski definition) is 0. The van der Waals surface area contributed by atoms with Gasteiger partial charge in [-0.3, -0.25) is 29.0 Å². The zero-order chi connectivity index (χ0) is 38.2. The van der Waals surface area contributed by atoms with Crippen molar-refractivity contribution in [3.8, 4) is 11.5 Å². The van der Waals surface area contributed by atoms with Gasteiger partial charge in [0.05, 0.1) is 58.6 Å². The minimum Gasteiger partial charge on any atom is -0.495 e. The molecule has 0 saturated carbocycles. The monoisotopic (exact) mass is 766 g/mol. The van der Waals surface area contributed by atoms with Crippen LogP contribution >= 0.6 is 11.8 Å². The fourth-order valence-corrected chi connectivity index (χ4v) is 8.05. The van der Waals surface area contributed by atoms with Crippen molar-refractivity contribution in [1.82, 2.24) is 0 Å². The summed E-state index contributed by atoms with van der Waals surface area (Å²) in [5.74, 6) is -3.27. The van der Waals surface area contributed by atoms with Gasteiger partial charge in [-0.05, 0) is 48.5 Å². The van der Waals surface area contributed by atoms with Crippen LogP contribution in [0.4, 0.5) is 37.7 Å². The van der Waals surface area contributed by atoms with Crippen molar-refractivity contribution in [2.45, 2.75) is 22.1 Å². The molecule has 0 N–H and O–H groups in total. The number of aldehydes is 2. The SMILES string of the molecule is COc1c(C=O)cc(C(=O)N2CS(=O)(=O)c3ccccc32)cc1C(F)(F)F.COc1c(C=O)cc(C(=O)N2CSc3ccccc32)cc1C(F)(F)F. The Labute approximate surface area is 295 Å². The first-order chi connectivity index (χ1) is 24.5. The Morgan fingerprint density at radius 3 is 1.65 bits per heavy atom. The molecule has 2 aliphatic rings. The molecular weight excluding hydrogens is 743 g/mol. The molecule has 52 heavy (non-hydrogen) atoms. The second-order valence-corrected chi connectivity index (χ2v) is 13.9. The Kier molecular flexibility index (Phi) is 10.4. The number of carbonyl (C=O) groups excluding carboxylic acids is 4. The molecule has 0 spiro atoms. The van der Waals surface area contributed by atoms with E-state index in [0.717, 1.165) is 42.2 Å². The highest BCUT2D eigenvalue weighted by atomic mass is 32.2. The van der Waals surface area contributed by atoms with Crippen molar-refractivity contribution in [3.63, 3.8) is 0 Å². The average Bonchev–Trinajstić information content (AvgIpc) is 3.67. The number of halogens is 6. The molecule has 0 aromatic heterocycles.